The van der Waals surface area contributed by atoms with Gasteiger partial charge in [0.2, 0.25) is 11.7 Å². The standard InChI is InChI=1S/C13H10F3N3O2/c14-13(15,16)12-18-10(19-21-12)7-3-5-9(6-4-7)17-11(20)8-1-2-8/h3-6,8H,1-2H2,(H,17,20). The maximum atomic E-state index is 12.4. The van der Waals surface area contributed by atoms with Crippen molar-refractivity contribution in [3.63, 3.8) is 0 Å². The second kappa shape index (κ2) is 4.87. The van der Waals surface area contributed by atoms with Crippen LogP contribution in [0.25, 0.3) is 11.4 Å². The molecule has 1 fully saturated rings. The van der Waals surface area contributed by atoms with Crippen molar-refractivity contribution in [3.8, 4) is 11.4 Å². The van der Waals surface area contributed by atoms with Gasteiger partial charge in [0.25, 0.3) is 0 Å². The van der Waals surface area contributed by atoms with Crippen molar-refractivity contribution >= 4 is 11.6 Å². The van der Waals surface area contributed by atoms with E-state index >= 15 is 0 Å². The lowest BCUT2D eigenvalue weighted by Crippen LogP contribution is -2.12. The van der Waals surface area contributed by atoms with Crippen molar-refractivity contribution in [2.75, 3.05) is 5.32 Å². The van der Waals surface area contributed by atoms with Gasteiger partial charge in [0.15, 0.2) is 0 Å². The molecule has 0 bridgehead atoms. The molecule has 1 saturated carbocycles. The molecule has 21 heavy (non-hydrogen) atoms. The quantitative estimate of drug-likeness (QED) is 0.945. The minimum Gasteiger partial charge on any atom is -0.329 e. The summed E-state index contributed by atoms with van der Waals surface area (Å²) < 4.78 is 41.2. The van der Waals surface area contributed by atoms with Gasteiger partial charge in [0.05, 0.1) is 0 Å². The Morgan fingerprint density at radius 1 is 1.24 bits per heavy atom. The molecule has 0 saturated heterocycles. The van der Waals surface area contributed by atoms with Crippen LogP contribution < -0.4 is 5.32 Å². The van der Waals surface area contributed by atoms with Gasteiger partial charge in [-0.3, -0.25) is 4.79 Å². The topological polar surface area (TPSA) is 68.0 Å². The van der Waals surface area contributed by atoms with Crippen molar-refractivity contribution in [1.29, 1.82) is 0 Å². The first-order valence-corrected chi connectivity index (χ1v) is 6.26. The third-order valence-corrected chi connectivity index (χ3v) is 3.03. The first kappa shape index (κ1) is 13.6. The van der Waals surface area contributed by atoms with Crippen molar-refractivity contribution < 1.29 is 22.5 Å². The van der Waals surface area contributed by atoms with E-state index in [9.17, 15) is 18.0 Å². The summed E-state index contributed by atoms with van der Waals surface area (Å²) in [7, 11) is 0. The van der Waals surface area contributed by atoms with E-state index in [1.54, 1.807) is 12.1 Å². The number of nitrogens with one attached hydrogen (secondary N) is 1. The Morgan fingerprint density at radius 2 is 1.90 bits per heavy atom. The van der Waals surface area contributed by atoms with E-state index in [0.717, 1.165) is 12.8 Å². The predicted molar refractivity (Wildman–Crippen MR) is 66.1 cm³/mol. The maximum absolute atomic E-state index is 12.4. The van der Waals surface area contributed by atoms with Gasteiger partial charge in [-0.05, 0) is 37.1 Å². The first-order chi connectivity index (χ1) is 9.93. The fraction of sp³-hybridized carbons (Fsp3) is 0.308. The number of carbonyl (C=O) groups excluding carboxylic acids is 1. The second-order valence-electron chi connectivity index (χ2n) is 4.76. The third-order valence-electron chi connectivity index (χ3n) is 3.03. The number of rotatable bonds is 3. The number of nitrogens with zero attached hydrogens (tertiary/aromatic N) is 2. The van der Waals surface area contributed by atoms with Gasteiger partial charge >= 0.3 is 12.1 Å². The summed E-state index contributed by atoms with van der Waals surface area (Å²) in [5, 5.41) is 6.02. The normalized spacial score (nSPS) is 15.0. The van der Waals surface area contributed by atoms with Crippen molar-refractivity contribution in [2.45, 2.75) is 19.0 Å². The highest BCUT2D eigenvalue weighted by Gasteiger charge is 2.38. The van der Waals surface area contributed by atoms with E-state index in [4.69, 9.17) is 0 Å². The van der Waals surface area contributed by atoms with Crippen LogP contribution in [0.15, 0.2) is 28.8 Å². The molecule has 1 aromatic heterocycles. The lowest BCUT2D eigenvalue weighted by molar-refractivity contribution is -0.159. The second-order valence-corrected chi connectivity index (χ2v) is 4.76. The fourth-order valence-corrected chi connectivity index (χ4v) is 1.75. The fourth-order valence-electron chi connectivity index (χ4n) is 1.75. The number of anilines is 1. The van der Waals surface area contributed by atoms with Crippen LogP contribution in [0.2, 0.25) is 0 Å². The van der Waals surface area contributed by atoms with Crippen LogP contribution in [-0.4, -0.2) is 16.0 Å². The molecule has 3 rings (SSSR count). The molecule has 5 nitrogen and oxygen atoms in total. The van der Waals surface area contributed by atoms with Crippen molar-refractivity contribution in [2.24, 2.45) is 5.92 Å². The summed E-state index contributed by atoms with van der Waals surface area (Å²) in [5.41, 5.74) is 0.953. The largest absolute Gasteiger partial charge is 0.471 e. The number of alkyl halides is 3. The molecule has 1 amide bonds. The number of hydrogen-bond donors (Lipinski definition) is 1. The number of carbonyl (C=O) groups is 1. The SMILES string of the molecule is O=C(Nc1ccc(-c2noc(C(F)(F)F)n2)cc1)C1CC1. The van der Waals surface area contributed by atoms with E-state index < -0.39 is 12.1 Å². The summed E-state index contributed by atoms with van der Waals surface area (Å²) in [6.45, 7) is 0. The van der Waals surface area contributed by atoms with E-state index in [-0.39, 0.29) is 17.6 Å². The maximum Gasteiger partial charge on any atom is 0.471 e. The molecule has 1 heterocycles. The zero-order valence-electron chi connectivity index (χ0n) is 10.6. The molecule has 0 unspecified atom stereocenters. The van der Waals surface area contributed by atoms with E-state index in [0.29, 0.717) is 11.3 Å². The highest BCUT2D eigenvalue weighted by molar-refractivity contribution is 5.94. The number of halogens is 3. The molecular formula is C13H10F3N3O2. The molecular weight excluding hydrogens is 287 g/mol. The molecule has 1 aliphatic carbocycles. The molecule has 110 valence electrons. The predicted octanol–water partition coefficient (Wildman–Crippen LogP) is 3.10. The number of hydrogen-bond acceptors (Lipinski definition) is 4. The highest BCUT2D eigenvalue weighted by atomic mass is 19.4. The average Bonchev–Trinajstić information content (AvgIpc) is 3.15. The van der Waals surface area contributed by atoms with Crippen LogP contribution in [0.3, 0.4) is 0 Å². The molecule has 1 N–H and O–H groups in total. The smallest absolute Gasteiger partial charge is 0.329 e. The Bertz CT molecular complexity index is 660. The molecule has 8 heteroatoms. The van der Waals surface area contributed by atoms with Gasteiger partial charge in [-0.15, -0.1) is 0 Å². The lowest BCUT2D eigenvalue weighted by Gasteiger charge is -2.04. The molecule has 0 radical (unpaired) electrons. The molecule has 0 atom stereocenters. The minimum absolute atomic E-state index is 0.0401. The van der Waals surface area contributed by atoms with E-state index in [2.05, 4.69) is 20.0 Å². The number of benzene rings is 1. The molecule has 2 aromatic rings. The summed E-state index contributed by atoms with van der Waals surface area (Å²) in [5.74, 6) is -1.50. The van der Waals surface area contributed by atoms with Gasteiger partial charge in [-0.2, -0.15) is 18.2 Å². The van der Waals surface area contributed by atoms with Crippen LogP contribution in [-0.2, 0) is 11.0 Å². The Hall–Kier alpha value is -2.38. The lowest BCUT2D eigenvalue weighted by atomic mass is 10.2. The molecule has 0 spiro atoms. The van der Waals surface area contributed by atoms with Gasteiger partial charge in [0.1, 0.15) is 0 Å². The summed E-state index contributed by atoms with van der Waals surface area (Å²) >= 11 is 0. The Morgan fingerprint density at radius 3 is 2.43 bits per heavy atom. The average molecular weight is 297 g/mol. The van der Waals surface area contributed by atoms with Crippen LogP contribution in [0.5, 0.6) is 0 Å². The van der Waals surface area contributed by atoms with Gasteiger partial charge in [-0.1, -0.05) is 5.16 Å². The molecule has 1 aliphatic rings. The number of aromatic nitrogens is 2. The van der Waals surface area contributed by atoms with Gasteiger partial charge in [-0.25, -0.2) is 0 Å². The summed E-state index contributed by atoms with van der Waals surface area (Å²) in [4.78, 5) is 14.9. The van der Waals surface area contributed by atoms with Gasteiger partial charge < -0.3 is 9.84 Å². The van der Waals surface area contributed by atoms with E-state index in [1.807, 2.05) is 0 Å². The monoisotopic (exact) mass is 297 g/mol. The number of amides is 1. The molecule has 1 aromatic carbocycles. The zero-order valence-corrected chi connectivity index (χ0v) is 10.6. The van der Waals surface area contributed by atoms with E-state index in [1.165, 1.54) is 12.1 Å². The first-order valence-electron chi connectivity index (χ1n) is 6.26. The minimum atomic E-state index is -4.66. The molecule has 0 aliphatic heterocycles. The summed E-state index contributed by atoms with van der Waals surface area (Å²) in [6, 6.07) is 6.21. The Labute approximate surface area is 117 Å². The highest BCUT2D eigenvalue weighted by Crippen LogP contribution is 2.31. The zero-order chi connectivity index (χ0) is 15.0. The Kier molecular flexibility index (Phi) is 3.15. The van der Waals surface area contributed by atoms with Crippen molar-refractivity contribution in [3.05, 3.63) is 30.2 Å². The van der Waals surface area contributed by atoms with Crippen LogP contribution in [0.4, 0.5) is 18.9 Å². The van der Waals surface area contributed by atoms with Gasteiger partial charge in [0, 0.05) is 17.2 Å². The van der Waals surface area contributed by atoms with Crippen LogP contribution in [0, 0.1) is 5.92 Å². The van der Waals surface area contributed by atoms with Crippen molar-refractivity contribution in [1.82, 2.24) is 10.1 Å². The van der Waals surface area contributed by atoms with Crippen LogP contribution in [0.1, 0.15) is 18.7 Å². The summed E-state index contributed by atoms with van der Waals surface area (Å²) in [6.07, 6.45) is -2.87. The Balaban J connectivity index is 1.74. The third kappa shape index (κ3) is 3.04. The van der Waals surface area contributed by atoms with Crippen LogP contribution >= 0.6 is 0 Å².